The quantitative estimate of drug-likeness (QED) is 0.861. The lowest BCUT2D eigenvalue weighted by Crippen LogP contribution is -2.37. The molecule has 0 heterocycles. The second-order valence-electron chi connectivity index (χ2n) is 4.35. The molecule has 0 bridgehead atoms. The molecular formula is C14H20N2O2. The number of benzene rings is 1. The van der Waals surface area contributed by atoms with Gasteiger partial charge in [0.15, 0.2) is 0 Å². The fourth-order valence-corrected chi connectivity index (χ4v) is 1.54. The van der Waals surface area contributed by atoms with Gasteiger partial charge in [0.05, 0.1) is 0 Å². The van der Waals surface area contributed by atoms with E-state index in [0.29, 0.717) is 18.5 Å². The Morgan fingerprint density at radius 2 is 1.89 bits per heavy atom. The first-order valence-electron chi connectivity index (χ1n) is 6.14. The molecule has 2 amide bonds. The molecule has 1 rings (SSSR count). The number of carbonyl (C=O) groups is 2. The molecule has 0 saturated heterocycles. The monoisotopic (exact) mass is 248 g/mol. The summed E-state index contributed by atoms with van der Waals surface area (Å²) >= 11 is 0. The summed E-state index contributed by atoms with van der Waals surface area (Å²) in [7, 11) is 1.76. The van der Waals surface area contributed by atoms with Crippen LogP contribution >= 0.6 is 0 Å². The molecule has 1 aromatic rings. The van der Waals surface area contributed by atoms with Crippen molar-refractivity contribution >= 4 is 11.8 Å². The van der Waals surface area contributed by atoms with Crippen molar-refractivity contribution in [1.29, 1.82) is 0 Å². The van der Waals surface area contributed by atoms with Crippen LogP contribution in [-0.2, 0) is 4.79 Å². The van der Waals surface area contributed by atoms with E-state index >= 15 is 0 Å². The first-order chi connectivity index (χ1) is 8.54. The van der Waals surface area contributed by atoms with E-state index in [0.717, 1.165) is 0 Å². The third kappa shape index (κ3) is 4.20. The molecule has 0 aliphatic carbocycles. The minimum atomic E-state index is -0.167. The van der Waals surface area contributed by atoms with E-state index < -0.39 is 0 Å². The molecule has 0 aliphatic rings. The number of nitrogens with zero attached hydrogens (tertiary/aromatic N) is 1. The van der Waals surface area contributed by atoms with E-state index in [4.69, 9.17) is 0 Å². The van der Waals surface area contributed by atoms with Gasteiger partial charge in [-0.3, -0.25) is 9.59 Å². The molecule has 1 aromatic carbocycles. The van der Waals surface area contributed by atoms with Crippen LogP contribution in [0.4, 0.5) is 0 Å². The largest absolute Gasteiger partial charge is 0.349 e. The van der Waals surface area contributed by atoms with Crippen LogP contribution in [0.3, 0.4) is 0 Å². The highest BCUT2D eigenvalue weighted by Gasteiger charge is 2.14. The van der Waals surface area contributed by atoms with E-state index in [1.807, 2.05) is 32.0 Å². The average molecular weight is 248 g/mol. The van der Waals surface area contributed by atoms with Crippen LogP contribution in [0.15, 0.2) is 30.3 Å². The van der Waals surface area contributed by atoms with Gasteiger partial charge in [-0.2, -0.15) is 0 Å². The van der Waals surface area contributed by atoms with Gasteiger partial charge in [0, 0.05) is 31.6 Å². The minimum Gasteiger partial charge on any atom is -0.349 e. The van der Waals surface area contributed by atoms with Crippen LogP contribution in [-0.4, -0.2) is 36.3 Å². The number of rotatable bonds is 5. The lowest BCUT2D eigenvalue weighted by atomic mass is 10.1. The zero-order valence-corrected chi connectivity index (χ0v) is 11.1. The second kappa shape index (κ2) is 6.79. The number of hydrogen-bond acceptors (Lipinski definition) is 2. The molecule has 0 aromatic heterocycles. The van der Waals surface area contributed by atoms with Crippen molar-refractivity contribution in [2.75, 3.05) is 13.6 Å². The average Bonchev–Trinajstić information content (AvgIpc) is 2.38. The minimum absolute atomic E-state index is 0.0401. The molecule has 1 unspecified atom stereocenters. The van der Waals surface area contributed by atoms with Crippen molar-refractivity contribution in [3.05, 3.63) is 35.9 Å². The van der Waals surface area contributed by atoms with E-state index in [9.17, 15) is 9.59 Å². The summed E-state index contributed by atoms with van der Waals surface area (Å²) in [5.41, 5.74) is 0.612. The lowest BCUT2D eigenvalue weighted by molar-refractivity contribution is -0.130. The van der Waals surface area contributed by atoms with Crippen molar-refractivity contribution in [3.63, 3.8) is 0 Å². The Labute approximate surface area is 108 Å². The molecule has 0 spiro atoms. The zero-order valence-electron chi connectivity index (χ0n) is 11.1. The number of hydrogen-bond donors (Lipinski definition) is 1. The summed E-state index contributed by atoms with van der Waals surface area (Å²) in [6.07, 6.45) is 0.322. The van der Waals surface area contributed by atoms with Gasteiger partial charge in [-0.1, -0.05) is 18.2 Å². The normalized spacial score (nSPS) is 11.7. The van der Waals surface area contributed by atoms with Gasteiger partial charge in [-0.15, -0.1) is 0 Å². The van der Waals surface area contributed by atoms with E-state index in [-0.39, 0.29) is 17.9 Å². The molecule has 4 nitrogen and oxygen atoms in total. The molecule has 1 atom stereocenters. The zero-order chi connectivity index (χ0) is 13.5. The highest BCUT2D eigenvalue weighted by Crippen LogP contribution is 2.01. The van der Waals surface area contributed by atoms with Gasteiger partial charge >= 0.3 is 0 Å². The Morgan fingerprint density at radius 1 is 1.28 bits per heavy atom. The summed E-state index contributed by atoms with van der Waals surface area (Å²) in [5, 5.41) is 2.82. The van der Waals surface area contributed by atoms with Gasteiger partial charge in [0.25, 0.3) is 5.91 Å². The fraction of sp³-hybridized carbons (Fsp3) is 0.429. The Balaban J connectivity index is 2.48. The van der Waals surface area contributed by atoms with E-state index in [1.54, 1.807) is 24.1 Å². The molecule has 18 heavy (non-hydrogen) atoms. The molecule has 98 valence electrons. The molecule has 0 radical (unpaired) electrons. The first-order valence-corrected chi connectivity index (χ1v) is 6.14. The maximum atomic E-state index is 11.8. The number of amides is 2. The highest BCUT2D eigenvalue weighted by atomic mass is 16.2. The van der Waals surface area contributed by atoms with Crippen LogP contribution < -0.4 is 5.32 Å². The van der Waals surface area contributed by atoms with Crippen molar-refractivity contribution in [2.45, 2.75) is 26.3 Å². The Bertz CT molecular complexity index is 404. The van der Waals surface area contributed by atoms with Crippen LogP contribution in [0.1, 0.15) is 30.6 Å². The summed E-state index contributed by atoms with van der Waals surface area (Å²) in [5.74, 6) is -0.103. The van der Waals surface area contributed by atoms with Gasteiger partial charge in [0.1, 0.15) is 0 Å². The fourth-order valence-electron chi connectivity index (χ4n) is 1.54. The smallest absolute Gasteiger partial charge is 0.251 e. The lowest BCUT2D eigenvalue weighted by Gasteiger charge is -2.18. The summed E-state index contributed by atoms with van der Waals surface area (Å²) in [4.78, 5) is 25.2. The molecule has 0 fully saturated rings. The van der Waals surface area contributed by atoms with Gasteiger partial charge in [-0.05, 0) is 26.0 Å². The van der Waals surface area contributed by atoms with E-state index in [1.165, 1.54) is 0 Å². The predicted molar refractivity (Wildman–Crippen MR) is 71.3 cm³/mol. The summed E-state index contributed by atoms with van der Waals surface area (Å²) < 4.78 is 0. The van der Waals surface area contributed by atoms with Crippen molar-refractivity contribution < 1.29 is 9.59 Å². The van der Waals surface area contributed by atoms with Crippen molar-refractivity contribution in [3.8, 4) is 0 Å². The van der Waals surface area contributed by atoms with Crippen LogP contribution in [0.2, 0.25) is 0 Å². The number of nitrogens with one attached hydrogen (secondary N) is 1. The van der Waals surface area contributed by atoms with Crippen molar-refractivity contribution in [2.24, 2.45) is 0 Å². The second-order valence-corrected chi connectivity index (χ2v) is 4.35. The Morgan fingerprint density at radius 3 is 2.44 bits per heavy atom. The Kier molecular flexibility index (Phi) is 5.36. The van der Waals surface area contributed by atoms with Crippen LogP contribution in [0.25, 0.3) is 0 Å². The maximum absolute atomic E-state index is 11.8. The topological polar surface area (TPSA) is 49.4 Å². The standard InChI is InChI=1S/C14H20N2O2/c1-4-16(3)13(17)10-11(2)15-14(18)12-8-6-5-7-9-12/h5-9,11H,4,10H2,1-3H3,(H,15,18). The SMILES string of the molecule is CCN(C)C(=O)CC(C)NC(=O)c1ccccc1. The number of carbonyl (C=O) groups excluding carboxylic acids is 2. The first kappa shape index (κ1) is 14.2. The molecule has 4 heteroatoms. The highest BCUT2D eigenvalue weighted by molar-refractivity contribution is 5.94. The predicted octanol–water partition coefficient (Wildman–Crippen LogP) is 1.67. The van der Waals surface area contributed by atoms with Gasteiger partial charge in [-0.25, -0.2) is 0 Å². The maximum Gasteiger partial charge on any atom is 0.251 e. The van der Waals surface area contributed by atoms with Crippen LogP contribution in [0, 0.1) is 0 Å². The molecule has 0 aliphatic heterocycles. The summed E-state index contributed by atoms with van der Waals surface area (Å²) in [6.45, 7) is 4.44. The third-order valence-electron chi connectivity index (χ3n) is 2.79. The van der Waals surface area contributed by atoms with Gasteiger partial charge in [0.2, 0.25) is 5.91 Å². The third-order valence-corrected chi connectivity index (χ3v) is 2.79. The van der Waals surface area contributed by atoms with E-state index in [2.05, 4.69) is 5.32 Å². The van der Waals surface area contributed by atoms with Gasteiger partial charge < -0.3 is 10.2 Å². The summed E-state index contributed by atoms with van der Waals surface area (Å²) in [6, 6.07) is 8.83. The molecule has 1 N–H and O–H groups in total. The van der Waals surface area contributed by atoms with Crippen molar-refractivity contribution in [1.82, 2.24) is 10.2 Å². The molecule has 0 saturated carbocycles. The molecular weight excluding hydrogens is 228 g/mol. The Hall–Kier alpha value is -1.84. The van der Waals surface area contributed by atoms with Crippen LogP contribution in [0.5, 0.6) is 0 Å².